The molecule has 1 aliphatic rings. The molecule has 2 heterocycles. The van der Waals surface area contributed by atoms with E-state index in [1.54, 1.807) is 7.05 Å². The minimum absolute atomic E-state index is 0.213. The van der Waals surface area contributed by atoms with E-state index in [1.165, 1.54) is 16.1 Å². The average molecular weight is 546 g/mol. The van der Waals surface area contributed by atoms with E-state index >= 15 is 0 Å². The Kier molecular flexibility index (Phi) is 8.71. The zero-order valence-corrected chi connectivity index (χ0v) is 24.9. The van der Waals surface area contributed by atoms with Crippen LogP contribution in [0.3, 0.4) is 0 Å². The third-order valence-electron chi connectivity index (χ3n) is 7.60. The minimum atomic E-state index is -0.358. The summed E-state index contributed by atoms with van der Waals surface area (Å²) in [7, 11) is 1.76. The molecule has 0 bridgehead atoms. The summed E-state index contributed by atoms with van der Waals surface area (Å²) in [5.74, 6) is 6.45. The Hall–Kier alpha value is -3.62. The third-order valence-corrected chi connectivity index (χ3v) is 7.60. The number of carbonyl (C=O) groups is 1. The third kappa shape index (κ3) is 6.57. The summed E-state index contributed by atoms with van der Waals surface area (Å²) >= 11 is 0. The van der Waals surface area contributed by atoms with Gasteiger partial charge in [0, 0.05) is 56.1 Å². The van der Waals surface area contributed by atoms with Gasteiger partial charge < -0.3 is 20.2 Å². The number of aryl methyl sites for hydroxylation is 2. The lowest BCUT2D eigenvalue weighted by Crippen LogP contribution is -2.40. The smallest absolute Gasteiger partial charge is 0.306 e. The number of hydrogen-bond donors (Lipinski definition) is 2. The number of hydrazine groups is 1. The van der Waals surface area contributed by atoms with E-state index in [9.17, 15) is 4.79 Å². The van der Waals surface area contributed by atoms with Crippen LogP contribution in [0.2, 0.25) is 0 Å². The van der Waals surface area contributed by atoms with Crippen molar-refractivity contribution in [1.29, 1.82) is 0 Å². The Bertz CT molecular complexity index is 1390. The largest absolute Gasteiger partial charge is 0.486 e. The number of esters is 1. The zero-order chi connectivity index (χ0) is 29.2. The normalized spacial score (nSPS) is 15.5. The van der Waals surface area contributed by atoms with Crippen LogP contribution in [-0.2, 0) is 22.6 Å². The van der Waals surface area contributed by atoms with Crippen molar-refractivity contribution >= 4 is 17.3 Å². The maximum absolute atomic E-state index is 12.8. The second kappa shape index (κ2) is 11.9. The lowest BCUT2D eigenvalue weighted by Gasteiger charge is -2.30. The Morgan fingerprint density at radius 1 is 1.20 bits per heavy atom. The van der Waals surface area contributed by atoms with Crippen LogP contribution in [0.1, 0.15) is 72.2 Å². The summed E-state index contributed by atoms with van der Waals surface area (Å²) in [6, 6.07) is 12.4. The fourth-order valence-corrected chi connectivity index (χ4v) is 5.58. The molecule has 8 heteroatoms. The topological polar surface area (TPSA) is 107 Å². The number of ether oxygens (including phenoxy) is 2. The Balaban J connectivity index is 1.71. The summed E-state index contributed by atoms with van der Waals surface area (Å²) in [4.78, 5) is 19.7. The van der Waals surface area contributed by atoms with Crippen molar-refractivity contribution < 1.29 is 14.3 Å². The maximum Gasteiger partial charge on any atom is 0.306 e. The summed E-state index contributed by atoms with van der Waals surface area (Å²) < 4.78 is 11.8. The standard InChI is InChI=1S/C32H43N5O3/c1-8-39-30(38)15-27(26-11-12-28(36(7)34)31(33)22(26)4)23-10-9-20(2)24(14-23)17-37-18-25-16-35-21(3)13-29(25)40-32(5,6)19-37/h9-14,16,27H,8,15,17-19,33-34H2,1-7H3. The molecule has 4 rings (SSSR count). The van der Waals surface area contributed by atoms with Crippen molar-refractivity contribution in [2.75, 3.05) is 30.9 Å². The van der Waals surface area contributed by atoms with Gasteiger partial charge in [0.15, 0.2) is 0 Å². The first-order valence-electron chi connectivity index (χ1n) is 13.9. The fourth-order valence-electron chi connectivity index (χ4n) is 5.58. The summed E-state index contributed by atoms with van der Waals surface area (Å²) in [6.45, 7) is 14.8. The number of aromatic nitrogens is 1. The van der Waals surface area contributed by atoms with Gasteiger partial charge in [-0.05, 0) is 75.4 Å². The first kappa shape index (κ1) is 29.4. The Morgan fingerprint density at radius 3 is 2.65 bits per heavy atom. The van der Waals surface area contributed by atoms with E-state index in [1.807, 2.05) is 45.2 Å². The highest BCUT2D eigenvalue weighted by atomic mass is 16.5. The number of nitrogens with zero attached hydrogens (tertiary/aromatic N) is 3. The second-order valence-corrected chi connectivity index (χ2v) is 11.5. The quantitative estimate of drug-likeness (QED) is 0.173. The van der Waals surface area contributed by atoms with Crippen LogP contribution < -0.4 is 21.3 Å². The van der Waals surface area contributed by atoms with Crippen LogP contribution in [0.15, 0.2) is 42.6 Å². The van der Waals surface area contributed by atoms with Crippen molar-refractivity contribution in [2.24, 2.45) is 5.84 Å². The first-order chi connectivity index (χ1) is 18.9. The molecular weight excluding hydrogens is 502 g/mol. The van der Waals surface area contributed by atoms with Crippen LogP contribution in [0, 0.1) is 20.8 Å². The Labute approximate surface area is 238 Å². The highest BCUT2D eigenvalue weighted by Gasteiger charge is 2.30. The molecule has 0 radical (unpaired) electrons. The molecule has 0 spiro atoms. The predicted octanol–water partition coefficient (Wildman–Crippen LogP) is 5.16. The molecule has 4 N–H and O–H groups in total. The Morgan fingerprint density at radius 2 is 1.95 bits per heavy atom. The number of benzene rings is 2. The number of carbonyl (C=O) groups excluding carboxylic acids is 1. The molecule has 1 aromatic heterocycles. The van der Waals surface area contributed by atoms with Gasteiger partial charge in [0.25, 0.3) is 0 Å². The molecule has 40 heavy (non-hydrogen) atoms. The summed E-state index contributed by atoms with van der Waals surface area (Å²) in [5, 5.41) is 1.51. The van der Waals surface area contributed by atoms with Crippen LogP contribution in [0.25, 0.3) is 0 Å². The fraction of sp³-hybridized carbons (Fsp3) is 0.438. The molecule has 0 fully saturated rings. The molecular formula is C32H43N5O3. The number of pyridine rings is 1. The molecule has 3 aromatic rings. The molecule has 0 aliphatic carbocycles. The average Bonchev–Trinajstić information content (AvgIpc) is 2.99. The number of fused-ring (bicyclic) bond motifs is 1. The van der Waals surface area contributed by atoms with Crippen LogP contribution >= 0.6 is 0 Å². The molecule has 0 saturated carbocycles. The van der Waals surface area contributed by atoms with E-state index in [-0.39, 0.29) is 23.9 Å². The highest BCUT2D eigenvalue weighted by Crippen LogP contribution is 2.37. The van der Waals surface area contributed by atoms with Crippen molar-refractivity contribution in [3.63, 3.8) is 0 Å². The second-order valence-electron chi connectivity index (χ2n) is 11.5. The van der Waals surface area contributed by atoms with Gasteiger partial charge in [0.2, 0.25) is 0 Å². The molecule has 0 amide bonds. The summed E-state index contributed by atoms with van der Waals surface area (Å²) in [6.07, 6.45) is 2.14. The van der Waals surface area contributed by atoms with Crippen molar-refractivity contribution in [1.82, 2.24) is 9.88 Å². The van der Waals surface area contributed by atoms with Gasteiger partial charge in [-0.25, -0.2) is 5.84 Å². The van der Waals surface area contributed by atoms with Crippen molar-refractivity contribution in [3.05, 3.63) is 81.7 Å². The van der Waals surface area contributed by atoms with E-state index in [4.69, 9.17) is 21.1 Å². The number of nitrogen functional groups attached to an aromatic ring is 1. The van der Waals surface area contributed by atoms with Gasteiger partial charge >= 0.3 is 5.97 Å². The molecule has 1 atom stereocenters. The van der Waals surface area contributed by atoms with Crippen molar-refractivity contribution in [3.8, 4) is 5.75 Å². The van der Waals surface area contributed by atoms with Gasteiger partial charge in [0.05, 0.1) is 24.4 Å². The number of rotatable bonds is 8. The molecule has 1 aliphatic heterocycles. The predicted molar refractivity (Wildman–Crippen MR) is 160 cm³/mol. The lowest BCUT2D eigenvalue weighted by atomic mass is 9.84. The molecule has 214 valence electrons. The van der Waals surface area contributed by atoms with E-state index in [0.717, 1.165) is 59.0 Å². The number of hydrogen-bond acceptors (Lipinski definition) is 8. The van der Waals surface area contributed by atoms with Crippen LogP contribution in [0.4, 0.5) is 11.4 Å². The SMILES string of the molecule is CCOC(=O)CC(c1ccc(C)c(CN2Cc3cnc(C)cc3OC(C)(C)C2)c1)c1ccc(N(C)N)c(N)c1C. The molecule has 1 unspecified atom stereocenters. The van der Waals surface area contributed by atoms with Gasteiger partial charge in [-0.15, -0.1) is 0 Å². The number of anilines is 2. The molecule has 0 saturated heterocycles. The van der Waals surface area contributed by atoms with E-state index in [0.29, 0.717) is 12.3 Å². The van der Waals surface area contributed by atoms with E-state index < -0.39 is 0 Å². The van der Waals surface area contributed by atoms with Crippen molar-refractivity contribution in [2.45, 2.75) is 72.6 Å². The monoisotopic (exact) mass is 545 g/mol. The van der Waals surface area contributed by atoms with E-state index in [2.05, 4.69) is 48.9 Å². The van der Waals surface area contributed by atoms with Gasteiger partial charge in [0.1, 0.15) is 11.4 Å². The van der Waals surface area contributed by atoms with Gasteiger partial charge in [-0.1, -0.05) is 24.3 Å². The van der Waals surface area contributed by atoms with Crippen LogP contribution in [-0.4, -0.2) is 41.7 Å². The minimum Gasteiger partial charge on any atom is -0.486 e. The van der Waals surface area contributed by atoms with Gasteiger partial charge in [-0.2, -0.15) is 0 Å². The maximum atomic E-state index is 12.8. The van der Waals surface area contributed by atoms with Gasteiger partial charge in [-0.3, -0.25) is 14.7 Å². The van der Waals surface area contributed by atoms with Crippen LogP contribution in [0.5, 0.6) is 5.75 Å². The molecule has 8 nitrogen and oxygen atoms in total. The highest BCUT2D eigenvalue weighted by molar-refractivity contribution is 5.75. The number of nitrogens with two attached hydrogens (primary N) is 2. The summed E-state index contributed by atoms with van der Waals surface area (Å²) in [5.41, 5.74) is 14.9. The zero-order valence-electron chi connectivity index (χ0n) is 24.9. The lowest BCUT2D eigenvalue weighted by molar-refractivity contribution is -0.143. The first-order valence-corrected chi connectivity index (χ1v) is 13.9. The molecule has 2 aromatic carbocycles.